The molecule has 0 unspecified atom stereocenters. The quantitative estimate of drug-likeness (QED) is 0.855. The van der Waals surface area contributed by atoms with E-state index in [9.17, 15) is 9.59 Å². The van der Waals surface area contributed by atoms with E-state index < -0.39 is 0 Å². The van der Waals surface area contributed by atoms with Crippen LogP contribution in [0.15, 0.2) is 54.6 Å². The highest BCUT2D eigenvalue weighted by Gasteiger charge is 2.07. The number of benzene rings is 2. The predicted octanol–water partition coefficient (Wildman–Crippen LogP) is 2.59. The van der Waals surface area contributed by atoms with E-state index in [0.717, 1.165) is 11.1 Å². The zero-order valence-corrected chi connectivity index (χ0v) is 14.2. The van der Waals surface area contributed by atoms with E-state index in [-0.39, 0.29) is 11.8 Å². The van der Waals surface area contributed by atoms with E-state index in [0.29, 0.717) is 17.7 Å². The SMILES string of the molecule is CNC(=O)c1ccc(CN(C)C(=O)/C=C/c2ccc(C#N)cc2)cc1. The number of nitrogens with zero attached hydrogens (tertiary/aromatic N) is 2. The van der Waals surface area contributed by atoms with E-state index >= 15 is 0 Å². The average Bonchev–Trinajstić information content (AvgIpc) is 2.66. The number of hydrogen-bond donors (Lipinski definition) is 1. The minimum Gasteiger partial charge on any atom is -0.355 e. The van der Waals surface area contributed by atoms with Gasteiger partial charge in [-0.25, -0.2) is 0 Å². The molecule has 0 spiro atoms. The number of carbonyl (C=O) groups excluding carboxylic acids is 2. The Morgan fingerprint density at radius 2 is 1.76 bits per heavy atom. The molecule has 0 aliphatic heterocycles. The molecule has 2 aromatic carbocycles. The van der Waals surface area contributed by atoms with Crippen LogP contribution in [0.5, 0.6) is 0 Å². The molecule has 0 bridgehead atoms. The maximum absolute atomic E-state index is 12.2. The second kappa shape index (κ2) is 8.46. The molecule has 1 N–H and O–H groups in total. The summed E-state index contributed by atoms with van der Waals surface area (Å²) in [7, 11) is 3.31. The average molecular weight is 333 g/mol. The molecule has 126 valence electrons. The third kappa shape index (κ3) is 5.05. The first-order valence-electron chi connectivity index (χ1n) is 7.78. The largest absolute Gasteiger partial charge is 0.355 e. The first-order valence-corrected chi connectivity index (χ1v) is 7.78. The van der Waals surface area contributed by atoms with Crippen molar-refractivity contribution >= 4 is 17.9 Å². The Hall–Kier alpha value is -3.39. The predicted molar refractivity (Wildman–Crippen MR) is 96.5 cm³/mol. The molecular formula is C20H19N3O2. The second-order valence-electron chi connectivity index (χ2n) is 5.54. The van der Waals surface area contributed by atoms with Gasteiger partial charge in [-0.15, -0.1) is 0 Å². The fourth-order valence-corrected chi connectivity index (χ4v) is 2.22. The highest BCUT2D eigenvalue weighted by molar-refractivity contribution is 5.94. The molecule has 0 fully saturated rings. The zero-order valence-electron chi connectivity index (χ0n) is 14.2. The van der Waals surface area contributed by atoms with Crippen molar-refractivity contribution in [2.24, 2.45) is 0 Å². The molecule has 0 aliphatic rings. The van der Waals surface area contributed by atoms with Gasteiger partial charge in [0.15, 0.2) is 0 Å². The monoisotopic (exact) mass is 333 g/mol. The summed E-state index contributed by atoms with van der Waals surface area (Å²) in [5.74, 6) is -0.263. The van der Waals surface area contributed by atoms with Gasteiger partial charge in [0.1, 0.15) is 0 Å². The number of carbonyl (C=O) groups is 2. The summed E-state index contributed by atoms with van der Waals surface area (Å²) in [6, 6.07) is 16.2. The molecule has 5 nitrogen and oxygen atoms in total. The van der Waals surface area contributed by atoms with Gasteiger partial charge in [0, 0.05) is 32.3 Å². The van der Waals surface area contributed by atoms with Crippen LogP contribution in [0.3, 0.4) is 0 Å². The summed E-state index contributed by atoms with van der Waals surface area (Å²) >= 11 is 0. The molecule has 0 saturated carbocycles. The van der Waals surface area contributed by atoms with E-state index in [4.69, 9.17) is 5.26 Å². The van der Waals surface area contributed by atoms with Crippen molar-refractivity contribution in [3.05, 3.63) is 76.9 Å². The fraction of sp³-hybridized carbons (Fsp3) is 0.150. The number of nitrogens with one attached hydrogen (secondary N) is 1. The maximum Gasteiger partial charge on any atom is 0.251 e. The van der Waals surface area contributed by atoms with Crippen LogP contribution in [0.4, 0.5) is 0 Å². The number of amides is 2. The van der Waals surface area contributed by atoms with Gasteiger partial charge in [-0.05, 0) is 41.5 Å². The first kappa shape index (κ1) is 18.0. The summed E-state index contributed by atoms with van der Waals surface area (Å²) in [4.78, 5) is 25.3. The summed E-state index contributed by atoms with van der Waals surface area (Å²) < 4.78 is 0. The Kier molecular flexibility index (Phi) is 6.08. The van der Waals surface area contributed by atoms with Crippen molar-refractivity contribution in [3.63, 3.8) is 0 Å². The molecule has 0 radical (unpaired) electrons. The lowest BCUT2D eigenvalue weighted by molar-refractivity contribution is -0.125. The lowest BCUT2D eigenvalue weighted by Crippen LogP contribution is -2.24. The summed E-state index contributed by atoms with van der Waals surface area (Å²) in [5, 5.41) is 11.3. The van der Waals surface area contributed by atoms with Crippen molar-refractivity contribution in [2.45, 2.75) is 6.54 Å². The molecule has 5 heteroatoms. The highest BCUT2D eigenvalue weighted by Crippen LogP contribution is 2.09. The van der Waals surface area contributed by atoms with E-state index in [1.54, 1.807) is 61.5 Å². The third-order valence-electron chi connectivity index (χ3n) is 3.70. The van der Waals surface area contributed by atoms with Crippen LogP contribution < -0.4 is 5.32 Å². The molecule has 0 saturated heterocycles. The molecule has 2 amide bonds. The summed E-state index contributed by atoms with van der Waals surface area (Å²) in [6.45, 7) is 0.449. The van der Waals surface area contributed by atoms with Gasteiger partial charge in [-0.3, -0.25) is 9.59 Å². The second-order valence-corrected chi connectivity index (χ2v) is 5.54. The van der Waals surface area contributed by atoms with E-state index in [1.165, 1.54) is 6.08 Å². The maximum atomic E-state index is 12.2. The molecule has 2 aromatic rings. The lowest BCUT2D eigenvalue weighted by atomic mass is 10.1. The van der Waals surface area contributed by atoms with Gasteiger partial charge < -0.3 is 10.2 Å². The normalized spacial score (nSPS) is 10.3. The van der Waals surface area contributed by atoms with Crippen LogP contribution in [0.25, 0.3) is 6.08 Å². The highest BCUT2D eigenvalue weighted by atomic mass is 16.2. The van der Waals surface area contributed by atoms with Crippen LogP contribution in [-0.4, -0.2) is 30.8 Å². The zero-order chi connectivity index (χ0) is 18.2. The third-order valence-corrected chi connectivity index (χ3v) is 3.70. The van der Waals surface area contributed by atoms with Gasteiger partial charge >= 0.3 is 0 Å². The molecule has 0 aromatic heterocycles. The van der Waals surface area contributed by atoms with Crippen LogP contribution >= 0.6 is 0 Å². The van der Waals surface area contributed by atoms with Gasteiger partial charge in [0.05, 0.1) is 11.6 Å². The number of nitriles is 1. The van der Waals surface area contributed by atoms with Crippen LogP contribution in [0.2, 0.25) is 0 Å². The minimum absolute atomic E-state index is 0.125. The summed E-state index contributed by atoms with van der Waals surface area (Å²) in [6.07, 6.45) is 3.22. The Morgan fingerprint density at radius 1 is 1.12 bits per heavy atom. The van der Waals surface area contributed by atoms with Crippen molar-refractivity contribution in [1.29, 1.82) is 5.26 Å². The lowest BCUT2D eigenvalue weighted by Gasteiger charge is -2.15. The molecule has 25 heavy (non-hydrogen) atoms. The number of likely N-dealkylation sites (N-methyl/N-ethyl adjacent to an activating group) is 1. The Bertz CT molecular complexity index is 816. The molecular weight excluding hydrogens is 314 g/mol. The first-order chi connectivity index (χ1) is 12.0. The Labute approximate surface area is 147 Å². The van der Waals surface area contributed by atoms with Crippen molar-refractivity contribution in [1.82, 2.24) is 10.2 Å². The molecule has 2 rings (SSSR count). The van der Waals surface area contributed by atoms with E-state index in [1.807, 2.05) is 12.1 Å². The van der Waals surface area contributed by atoms with Crippen molar-refractivity contribution in [3.8, 4) is 6.07 Å². The van der Waals surface area contributed by atoms with E-state index in [2.05, 4.69) is 11.4 Å². The Morgan fingerprint density at radius 3 is 2.32 bits per heavy atom. The van der Waals surface area contributed by atoms with Crippen molar-refractivity contribution < 1.29 is 9.59 Å². The van der Waals surface area contributed by atoms with Gasteiger partial charge in [0.2, 0.25) is 5.91 Å². The standard InChI is InChI=1S/C20H19N3O2/c1-22-20(25)18-10-7-17(8-11-18)14-23(2)19(24)12-9-15-3-5-16(13-21)6-4-15/h3-12H,14H2,1-2H3,(H,22,25)/b12-9+. The van der Waals surface area contributed by atoms with Crippen LogP contribution in [0, 0.1) is 11.3 Å². The Balaban J connectivity index is 1.96. The molecule has 0 heterocycles. The van der Waals surface area contributed by atoms with Crippen LogP contribution in [0.1, 0.15) is 27.0 Å². The smallest absolute Gasteiger partial charge is 0.251 e. The fourth-order valence-electron chi connectivity index (χ4n) is 2.22. The summed E-state index contributed by atoms with van der Waals surface area (Å²) in [5.41, 5.74) is 2.97. The molecule has 0 atom stereocenters. The van der Waals surface area contributed by atoms with Gasteiger partial charge in [0.25, 0.3) is 5.91 Å². The minimum atomic E-state index is -0.138. The number of hydrogen-bond acceptors (Lipinski definition) is 3. The van der Waals surface area contributed by atoms with Gasteiger partial charge in [-0.2, -0.15) is 5.26 Å². The van der Waals surface area contributed by atoms with Crippen molar-refractivity contribution in [2.75, 3.05) is 14.1 Å². The van der Waals surface area contributed by atoms with Gasteiger partial charge in [-0.1, -0.05) is 24.3 Å². The van der Waals surface area contributed by atoms with Crippen LogP contribution in [-0.2, 0) is 11.3 Å². The topological polar surface area (TPSA) is 73.2 Å². The molecule has 0 aliphatic carbocycles. The number of rotatable bonds is 5.